The summed E-state index contributed by atoms with van der Waals surface area (Å²) in [5.74, 6) is 0. The molecule has 0 saturated heterocycles. The Labute approximate surface area is 91.9 Å². The highest BCUT2D eigenvalue weighted by molar-refractivity contribution is 5.10. The van der Waals surface area contributed by atoms with Gasteiger partial charge in [0, 0.05) is 19.1 Å². The minimum Gasteiger partial charge on any atom is -0.308 e. The Morgan fingerprint density at radius 3 is 2.80 bits per heavy atom. The van der Waals surface area contributed by atoms with E-state index in [0.29, 0.717) is 0 Å². The summed E-state index contributed by atoms with van der Waals surface area (Å²) in [7, 11) is 0. The summed E-state index contributed by atoms with van der Waals surface area (Å²) in [5, 5.41) is 8.13. The van der Waals surface area contributed by atoms with E-state index in [1.165, 1.54) is 30.7 Å². The lowest BCUT2D eigenvalue weighted by Crippen LogP contribution is -2.35. The first-order valence-corrected chi connectivity index (χ1v) is 6.12. The van der Waals surface area contributed by atoms with Crippen molar-refractivity contribution in [2.75, 3.05) is 0 Å². The van der Waals surface area contributed by atoms with Crippen LogP contribution in [0.4, 0.5) is 0 Å². The lowest BCUT2D eigenvalue weighted by atomic mass is 9.93. The molecule has 0 radical (unpaired) electrons. The molecule has 0 unspecified atom stereocenters. The molecule has 1 aliphatic rings. The maximum absolute atomic E-state index is 4.55. The molecule has 0 spiro atoms. The molecular formula is C12H21N3. The molecule has 0 amide bonds. The number of aryl methyl sites for hydroxylation is 2. The molecule has 84 valence electrons. The largest absolute Gasteiger partial charge is 0.308 e. The van der Waals surface area contributed by atoms with Gasteiger partial charge in [-0.05, 0) is 32.3 Å². The number of rotatable bonds is 5. The average molecular weight is 207 g/mol. The zero-order valence-corrected chi connectivity index (χ0v) is 9.79. The predicted octanol–water partition coefficient (Wildman–Crippen LogP) is 2.11. The molecule has 1 fully saturated rings. The first kappa shape index (κ1) is 10.7. The standard InChI is InChI=1S/C12H21N3/c1-3-10-8-12(15(4-2)14-10)9-13-11-6-5-7-11/h8,11,13H,3-7,9H2,1-2H3. The predicted molar refractivity (Wildman–Crippen MR) is 61.8 cm³/mol. The molecule has 1 heterocycles. The van der Waals surface area contributed by atoms with Crippen molar-refractivity contribution in [2.45, 2.75) is 58.7 Å². The fraction of sp³-hybridized carbons (Fsp3) is 0.750. The summed E-state index contributed by atoms with van der Waals surface area (Å²) in [6.45, 7) is 6.26. The van der Waals surface area contributed by atoms with Crippen LogP contribution in [0.25, 0.3) is 0 Å². The van der Waals surface area contributed by atoms with E-state index in [1.54, 1.807) is 0 Å². The van der Waals surface area contributed by atoms with E-state index in [9.17, 15) is 0 Å². The van der Waals surface area contributed by atoms with Gasteiger partial charge >= 0.3 is 0 Å². The summed E-state index contributed by atoms with van der Waals surface area (Å²) >= 11 is 0. The Morgan fingerprint density at radius 1 is 1.47 bits per heavy atom. The second-order valence-electron chi connectivity index (χ2n) is 4.31. The third-order valence-corrected chi connectivity index (χ3v) is 3.25. The zero-order chi connectivity index (χ0) is 10.7. The highest BCUT2D eigenvalue weighted by atomic mass is 15.3. The van der Waals surface area contributed by atoms with Crippen molar-refractivity contribution in [3.63, 3.8) is 0 Å². The second kappa shape index (κ2) is 4.79. The van der Waals surface area contributed by atoms with Gasteiger partial charge in [-0.15, -0.1) is 0 Å². The topological polar surface area (TPSA) is 29.9 Å². The molecule has 3 heteroatoms. The second-order valence-corrected chi connectivity index (χ2v) is 4.31. The van der Waals surface area contributed by atoms with E-state index < -0.39 is 0 Å². The van der Waals surface area contributed by atoms with Gasteiger partial charge in [0.2, 0.25) is 0 Å². The van der Waals surface area contributed by atoms with Crippen molar-refractivity contribution in [3.05, 3.63) is 17.5 Å². The molecule has 2 rings (SSSR count). The Hall–Kier alpha value is -0.830. The van der Waals surface area contributed by atoms with Gasteiger partial charge in [0.15, 0.2) is 0 Å². The van der Waals surface area contributed by atoms with Gasteiger partial charge < -0.3 is 5.32 Å². The molecule has 1 N–H and O–H groups in total. The minimum absolute atomic E-state index is 0.760. The Balaban J connectivity index is 1.95. The number of hydrogen-bond acceptors (Lipinski definition) is 2. The van der Waals surface area contributed by atoms with Gasteiger partial charge in [-0.1, -0.05) is 13.3 Å². The van der Waals surface area contributed by atoms with Gasteiger partial charge in [0.1, 0.15) is 0 Å². The Bertz CT molecular complexity index is 313. The molecule has 0 bridgehead atoms. The smallest absolute Gasteiger partial charge is 0.0625 e. The third kappa shape index (κ3) is 2.40. The van der Waals surface area contributed by atoms with Crippen LogP contribution in [0.3, 0.4) is 0 Å². The van der Waals surface area contributed by atoms with Gasteiger partial charge in [0.05, 0.1) is 11.4 Å². The van der Waals surface area contributed by atoms with Gasteiger partial charge in [0.25, 0.3) is 0 Å². The van der Waals surface area contributed by atoms with Crippen LogP contribution < -0.4 is 5.32 Å². The molecule has 0 atom stereocenters. The fourth-order valence-corrected chi connectivity index (χ4v) is 1.97. The SMILES string of the molecule is CCc1cc(CNC2CCC2)n(CC)n1. The lowest BCUT2D eigenvalue weighted by Gasteiger charge is -2.26. The number of hydrogen-bond donors (Lipinski definition) is 1. The van der Waals surface area contributed by atoms with Crippen molar-refractivity contribution in [3.8, 4) is 0 Å². The van der Waals surface area contributed by atoms with Crippen molar-refractivity contribution in [2.24, 2.45) is 0 Å². The summed E-state index contributed by atoms with van der Waals surface area (Å²) in [6, 6.07) is 2.99. The van der Waals surface area contributed by atoms with Crippen LogP contribution in [0.2, 0.25) is 0 Å². The quantitative estimate of drug-likeness (QED) is 0.801. The minimum atomic E-state index is 0.760. The van der Waals surface area contributed by atoms with E-state index in [2.05, 4.69) is 35.0 Å². The first-order valence-electron chi connectivity index (χ1n) is 6.12. The lowest BCUT2D eigenvalue weighted by molar-refractivity contribution is 0.334. The highest BCUT2D eigenvalue weighted by Gasteiger charge is 2.17. The van der Waals surface area contributed by atoms with E-state index in [1.807, 2.05) is 0 Å². The van der Waals surface area contributed by atoms with Crippen LogP contribution in [-0.2, 0) is 19.5 Å². The van der Waals surface area contributed by atoms with Gasteiger partial charge in [-0.25, -0.2) is 0 Å². The molecule has 1 aliphatic carbocycles. The number of nitrogens with one attached hydrogen (secondary N) is 1. The number of nitrogens with zero attached hydrogens (tertiary/aromatic N) is 2. The van der Waals surface area contributed by atoms with E-state index >= 15 is 0 Å². The third-order valence-electron chi connectivity index (χ3n) is 3.25. The van der Waals surface area contributed by atoms with Crippen LogP contribution >= 0.6 is 0 Å². The molecular weight excluding hydrogens is 186 g/mol. The molecule has 1 aromatic rings. The first-order chi connectivity index (χ1) is 7.33. The van der Waals surface area contributed by atoms with E-state index in [0.717, 1.165) is 25.6 Å². The molecule has 0 aliphatic heterocycles. The maximum Gasteiger partial charge on any atom is 0.0625 e. The number of aromatic nitrogens is 2. The monoisotopic (exact) mass is 207 g/mol. The average Bonchev–Trinajstić information content (AvgIpc) is 2.58. The summed E-state index contributed by atoms with van der Waals surface area (Å²) < 4.78 is 2.12. The van der Waals surface area contributed by atoms with Gasteiger partial charge in [-0.2, -0.15) is 5.10 Å². The van der Waals surface area contributed by atoms with Crippen LogP contribution in [0.1, 0.15) is 44.5 Å². The molecule has 1 saturated carbocycles. The van der Waals surface area contributed by atoms with Crippen molar-refractivity contribution in [1.82, 2.24) is 15.1 Å². The van der Waals surface area contributed by atoms with E-state index in [-0.39, 0.29) is 0 Å². The summed E-state index contributed by atoms with van der Waals surface area (Å²) in [6.07, 6.45) is 5.12. The normalized spacial score (nSPS) is 16.7. The van der Waals surface area contributed by atoms with E-state index in [4.69, 9.17) is 0 Å². The van der Waals surface area contributed by atoms with Crippen LogP contribution in [-0.4, -0.2) is 15.8 Å². The van der Waals surface area contributed by atoms with Crippen LogP contribution in [0.5, 0.6) is 0 Å². The van der Waals surface area contributed by atoms with Crippen molar-refractivity contribution in [1.29, 1.82) is 0 Å². The Kier molecular flexibility index (Phi) is 3.41. The Morgan fingerprint density at radius 2 is 2.27 bits per heavy atom. The van der Waals surface area contributed by atoms with Crippen molar-refractivity contribution < 1.29 is 0 Å². The molecule has 0 aromatic carbocycles. The van der Waals surface area contributed by atoms with Gasteiger partial charge in [-0.3, -0.25) is 4.68 Å². The summed E-state index contributed by atoms with van der Waals surface area (Å²) in [5.41, 5.74) is 2.54. The van der Waals surface area contributed by atoms with Crippen LogP contribution in [0, 0.1) is 0 Å². The molecule has 3 nitrogen and oxygen atoms in total. The summed E-state index contributed by atoms with van der Waals surface area (Å²) in [4.78, 5) is 0. The van der Waals surface area contributed by atoms with Crippen molar-refractivity contribution >= 4 is 0 Å². The molecule has 1 aromatic heterocycles. The maximum atomic E-state index is 4.55. The zero-order valence-electron chi connectivity index (χ0n) is 9.79. The molecule has 15 heavy (non-hydrogen) atoms. The highest BCUT2D eigenvalue weighted by Crippen LogP contribution is 2.18. The fourth-order valence-electron chi connectivity index (χ4n) is 1.97. The van der Waals surface area contributed by atoms with Crippen LogP contribution in [0.15, 0.2) is 6.07 Å².